The van der Waals surface area contributed by atoms with Crippen molar-refractivity contribution in [1.29, 1.82) is 5.26 Å². The van der Waals surface area contributed by atoms with Gasteiger partial charge in [-0.05, 0) is 18.7 Å². The van der Waals surface area contributed by atoms with Crippen LogP contribution in [0.2, 0.25) is 0 Å². The summed E-state index contributed by atoms with van der Waals surface area (Å²) in [6.07, 6.45) is 0. The van der Waals surface area contributed by atoms with Gasteiger partial charge in [-0.1, -0.05) is 0 Å². The standard InChI is InChI=1S/C4H5NOS.H3N/c1-4(6)2-7-3-5;/h2H2,1H3;1H3. The number of thiocyanates is 1. The molecule has 0 aliphatic rings. The summed E-state index contributed by atoms with van der Waals surface area (Å²) in [6, 6.07) is 0. The lowest BCUT2D eigenvalue weighted by Gasteiger charge is -1.78. The minimum atomic E-state index is 0. The van der Waals surface area contributed by atoms with E-state index in [1.54, 1.807) is 5.40 Å². The molecule has 0 rings (SSSR count). The van der Waals surface area contributed by atoms with E-state index in [-0.39, 0.29) is 11.9 Å². The second-order valence-corrected chi connectivity index (χ2v) is 1.84. The molecule has 0 bridgehead atoms. The molecular weight excluding hydrogens is 124 g/mol. The van der Waals surface area contributed by atoms with Crippen LogP contribution in [0.25, 0.3) is 0 Å². The van der Waals surface area contributed by atoms with Crippen molar-refractivity contribution in [3.8, 4) is 5.40 Å². The molecule has 0 saturated carbocycles. The average molecular weight is 132 g/mol. The van der Waals surface area contributed by atoms with Gasteiger partial charge >= 0.3 is 0 Å². The van der Waals surface area contributed by atoms with Gasteiger partial charge in [0.25, 0.3) is 0 Å². The second-order valence-electron chi connectivity index (χ2n) is 1.08. The van der Waals surface area contributed by atoms with E-state index in [0.29, 0.717) is 5.75 Å². The molecule has 0 aliphatic heterocycles. The molecule has 0 radical (unpaired) electrons. The maximum Gasteiger partial charge on any atom is 0.140 e. The third kappa shape index (κ3) is 9.08. The van der Waals surface area contributed by atoms with E-state index >= 15 is 0 Å². The summed E-state index contributed by atoms with van der Waals surface area (Å²) < 4.78 is 0. The zero-order valence-electron chi connectivity index (χ0n) is 4.68. The molecule has 0 unspecified atom stereocenters. The van der Waals surface area contributed by atoms with Crippen molar-refractivity contribution in [2.75, 3.05) is 5.75 Å². The molecule has 0 fully saturated rings. The van der Waals surface area contributed by atoms with Gasteiger partial charge in [0.2, 0.25) is 0 Å². The highest BCUT2D eigenvalue weighted by atomic mass is 32.2. The summed E-state index contributed by atoms with van der Waals surface area (Å²) >= 11 is 0.972. The Hall–Kier alpha value is -0.530. The number of nitrogens with zero attached hydrogens (tertiary/aromatic N) is 1. The summed E-state index contributed by atoms with van der Waals surface area (Å²) in [5, 5.41) is 9.67. The zero-order valence-corrected chi connectivity index (χ0v) is 5.49. The van der Waals surface area contributed by atoms with E-state index in [1.165, 1.54) is 6.92 Å². The zero-order chi connectivity index (χ0) is 5.70. The smallest absolute Gasteiger partial charge is 0.140 e. The van der Waals surface area contributed by atoms with Crippen molar-refractivity contribution in [2.45, 2.75) is 6.92 Å². The maximum atomic E-state index is 10.0. The molecule has 0 spiro atoms. The first-order chi connectivity index (χ1) is 3.27. The molecule has 0 aromatic carbocycles. The van der Waals surface area contributed by atoms with Crippen molar-refractivity contribution in [3.63, 3.8) is 0 Å². The maximum absolute atomic E-state index is 10.0. The van der Waals surface area contributed by atoms with Crippen LogP contribution in [-0.2, 0) is 4.79 Å². The van der Waals surface area contributed by atoms with Gasteiger partial charge in [-0.15, -0.1) is 0 Å². The SMILES string of the molecule is CC(=O)CSC#N.N. The Morgan fingerprint density at radius 2 is 2.38 bits per heavy atom. The van der Waals surface area contributed by atoms with Gasteiger partial charge < -0.3 is 6.15 Å². The van der Waals surface area contributed by atoms with Crippen molar-refractivity contribution < 1.29 is 4.79 Å². The van der Waals surface area contributed by atoms with E-state index in [9.17, 15) is 4.79 Å². The van der Waals surface area contributed by atoms with Gasteiger partial charge in [0.1, 0.15) is 11.2 Å². The van der Waals surface area contributed by atoms with E-state index < -0.39 is 0 Å². The number of thioether (sulfide) groups is 1. The Morgan fingerprint density at radius 1 is 1.88 bits per heavy atom. The van der Waals surface area contributed by atoms with Gasteiger partial charge in [0.05, 0.1) is 5.75 Å². The third-order valence-corrected chi connectivity index (χ3v) is 1.02. The van der Waals surface area contributed by atoms with E-state index in [2.05, 4.69) is 0 Å². The number of nitriles is 1. The van der Waals surface area contributed by atoms with Crippen molar-refractivity contribution in [1.82, 2.24) is 6.15 Å². The Bertz CT molecular complexity index is 107. The van der Waals surface area contributed by atoms with Crippen LogP contribution in [0.5, 0.6) is 0 Å². The minimum absolute atomic E-state index is 0. The van der Waals surface area contributed by atoms with E-state index in [4.69, 9.17) is 5.26 Å². The quantitative estimate of drug-likeness (QED) is 0.567. The van der Waals surface area contributed by atoms with Crippen molar-refractivity contribution in [3.05, 3.63) is 0 Å². The first-order valence-electron chi connectivity index (χ1n) is 1.77. The Labute approximate surface area is 52.6 Å². The topological polar surface area (TPSA) is 75.9 Å². The summed E-state index contributed by atoms with van der Waals surface area (Å²) in [6.45, 7) is 1.46. The fraction of sp³-hybridized carbons (Fsp3) is 0.500. The molecule has 3 nitrogen and oxygen atoms in total. The molecule has 0 saturated heterocycles. The van der Waals surface area contributed by atoms with E-state index in [0.717, 1.165) is 11.8 Å². The molecular formula is C4H8N2OS. The number of carbonyl (C=O) groups is 1. The lowest BCUT2D eigenvalue weighted by molar-refractivity contribution is -0.114. The lowest BCUT2D eigenvalue weighted by Crippen LogP contribution is -1.90. The number of hydrogen-bond donors (Lipinski definition) is 1. The lowest BCUT2D eigenvalue weighted by atomic mass is 10.5. The normalized spacial score (nSPS) is 6.50. The molecule has 0 aliphatic carbocycles. The van der Waals surface area contributed by atoms with Gasteiger partial charge in [-0.25, -0.2) is 0 Å². The molecule has 8 heavy (non-hydrogen) atoms. The van der Waals surface area contributed by atoms with Crippen molar-refractivity contribution >= 4 is 17.5 Å². The molecule has 3 N–H and O–H groups in total. The molecule has 46 valence electrons. The molecule has 0 atom stereocenters. The fourth-order valence-corrected chi connectivity index (χ4v) is 0.402. The molecule has 0 amide bonds. The average Bonchev–Trinajstić information content (AvgIpc) is 1.61. The highest BCUT2D eigenvalue weighted by Crippen LogP contribution is 1.93. The number of carbonyl (C=O) groups excluding carboxylic acids is 1. The van der Waals surface area contributed by atoms with Crippen LogP contribution in [0.3, 0.4) is 0 Å². The van der Waals surface area contributed by atoms with Crippen LogP contribution in [0, 0.1) is 10.7 Å². The minimum Gasteiger partial charge on any atom is -0.344 e. The Balaban J connectivity index is 0. The monoisotopic (exact) mass is 132 g/mol. The van der Waals surface area contributed by atoms with E-state index in [1.807, 2.05) is 0 Å². The fourth-order valence-electron chi connectivity index (χ4n) is 0.134. The van der Waals surface area contributed by atoms with Crippen LogP contribution in [0.15, 0.2) is 0 Å². The van der Waals surface area contributed by atoms with Crippen molar-refractivity contribution in [2.24, 2.45) is 0 Å². The van der Waals surface area contributed by atoms with Gasteiger partial charge in [-0.3, -0.25) is 4.79 Å². The van der Waals surface area contributed by atoms with Crippen LogP contribution in [-0.4, -0.2) is 11.5 Å². The number of hydrogen-bond acceptors (Lipinski definition) is 4. The second kappa shape index (κ2) is 6.47. The first kappa shape index (κ1) is 10.5. The third-order valence-electron chi connectivity index (χ3n) is 0.340. The highest BCUT2D eigenvalue weighted by Gasteiger charge is 1.88. The molecule has 0 aromatic heterocycles. The van der Waals surface area contributed by atoms with Gasteiger partial charge in [-0.2, -0.15) is 5.26 Å². The molecule has 4 heteroatoms. The van der Waals surface area contributed by atoms with Crippen LogP contribution < -0.4 is 6.15 Å². The largest absolute Gasteiger partial charge is 0.344 e. The summed E-state index contributed by atoms with van der Waals surface area (Å²) in [5.74, 6) is 0.364. The summed E-state index contributed by atoms with van der Waals surface area (Å²) in [4.78, 5) is 10.0. The predicted octanol–water partition coefficient (Wildman–Crippen LogP) is 0.952. The Kier molecular flexibility index (Phi) is 8.45. The van der Waals surface area contributed by atoms with Crippen LogP contribution >= 0.6 is 11.8 Å². The van der Waals surface area contributed by atoms with Crippen LogP contribution in [0.1, 0.15) is 6.92 Å². The highest BCUT2D eigenvalue weighted by molar-refractivity contribution is 8.04. The summed E-state index contributed by atoms with van der Waals surface area (Å²) in [7, 11) is 0. The number of rotatable bonds is 2. The van der Waals surface area contributed by atoms with Gasteiger partial charge in [0.15, 0.2) is 0 Å². The predicted molar refractivity (Wildman–Crippen MR) is 33.8 cm³/mol. The summed E-state index contributed by atoms with van der Waals surface area (Å²) in [5.41, 5.74) is 0. The molecule has 0 heterocycles. The number of ketones is 1. The Morgan fingerprint density at radius 3 is 2.50 bits per heavy atom. The van der Waals surface area contributed by atoms with Gasteiger partial charge in [0, 0.05) is 0 Å². The molecule has 0 aromatic rings. The number of Topliss-reactive ketones (excluding diaryl/α,β-unsaturated/α-hetero) is 1. The van der Waals surface area contributed by atoms with Crippen LogP contribution in [0.4, 0.5) is 0 Å². The first-order valence-corrected chi connectivity index (χ1v) is 2.76.